The number of para-hydroxylation sites is 1. The van der Waals surface area contributed by atoms with Gasteiger partial charge < -0.3 is 4.90 Å². The molecule has 1 heterocycles. The molecule has 0 aliphatic carbocycles. The van der Waals surface area contributed by atoms with E-state index in [1.165, 1.54) is 5.56 Å². The molecule has 3 nitrogen and oxygen atoms in total. The molecule has 2 atom stereocenters. The van der Waals surface area contributed by atoms with Crippen LogP contribution in [0.15, 0.2) is 24.3 Å². The van der Waals surface area contributed by atoms with Gasteiger partial charge in [-0.2, -0.15) is 5.26 Å². The third-order valence-corrected chi connectivity index (χ3v) is 3.85. The normalized spacial score (nSPS) is 21.0. The maximum atomic E-state index is 12.6. The van der Waals surface area contributed by atoms with Gasteiger partial charge >= 0.3 is 0 Å². The highest BCUT2D eigenvalue weighted by Crippen LogP contribution is 2.36. The predicted molar refractivity (Wildman–Crippen MR) is 71.1 cm³/mol. The second kappa shape index (κ2) is 4.45. The topological polar surface area (TPSA) is 44.1 Å². The van der Waals surface area contributed by atoms with Gasteiger partial charge in [-0.05, 0) is 38.3 Å². The minimum absolute atomic E-state index is 0.0787. The highest BCUT2D eigenvalue weighted by molar-refractivity contribution is 6.01. The van der Waals surface area contributed by atoms with Crippen LogP contribution in [-0.2, 0) is 11.2 Å². The molecule has 0 fully saturated rings. The number of amides is 1. The molecular formula is C15H18N2O. The maximum absolute atomic E-state index is 12.6. The van der Waals surface area contributed by atoms with Crippen LogP contribution in [0.4, 0.5) is 5.69 Å². The van der Waals surface area contributed by atoms with Crippen LogP contribution in [0.2, 0.25) is 0 Å². The Balaban J connectivity index is 2.41. The Morgan fingerprint density at radius 1 is 1.56 bits per heavy atom. The summed E-state index contributed by atoms with van der Waals surface area (Å²) in [6, 6.07) is 10.2. The van der Waals surface area contributed by atoms with Gasteiger partial charge in [-0.1, -0.05) is 25.1 Å². The van der Waals surface area contributed by atoms with Crippen LogP contribution >= 0.6 is 0 Å². The SMILES string of the molecule is CCC(C)(C#N)C(=O)N1c2ccccc2CC1C. The monoisotopic (exact) mass is 242 g/mol. The van der Waals surface area contributed by atoms with Gasteiger partial charge in [-0.3, -0.25) is 4.79 Å². The lowest BCUT2D eigenvalue weighted by atomic mass is 9.87. The van der Waals surface area contributed by atoms with Gasteiger partial charge in [0.25, 0.3) is 0 Å². The number of carbonyl (C=O) groups is 1. The summed E-state index contributed by atoms with van der Waals surface area (Å²) in [4.78, 5) is 14.4. The van der Waals surface area contributed by atoms with Crippen LogP contribution in [0.3, 0.4) is 0 Å². The van der Waals surface area contributed by atoms with E-state index in [9.17, 15) is 10.1 Å². The first kappa shape index (κ1) is 12.6. The molecule has 2 rings (SSSR count). The standard InChI is InChI=1S/C15H18N2O/c1-4-15(3,10-16)14(18)17-11(2)9-12-7-5-6-8-13(12)17/h5-8,11H,4,9H2,1-3H3. The maximum Gasteiger partial charge on any atom is 0.247 e. The molecule has 1 aromatic rings. The van der Waals surface area contributed by atoms with Crippen LogP contribution in [0.5, 0.6) is 0 Å². The fraction of sp³-hybridized carbons (Fsp3) is 0.467. The van der Waals surface area contributed by atoms with Crippen molar-refractivity contribution in [1.82, 2.24) is 0 Å². The second-order valence-electron chi connectivity index (χ2n) is 5.15. The van der Waals surface area contributed by atoms with Gasteiger partial charge in [0, 0.05) is 11.7 Å². The molecule has 1 aliphatic rings. The van der Waals surface area contributed by atoms with Gasteiger partial charge in [-0.15, -0.1) is 0 Å². The van der Waals surface area contributed by atoms with E-state index in [1.54, 1.807) is 11.8 Å². The smallest absolute Gasteiger partial charge is 0.247 e. The summed E-state index contributed by atoms with van der Waals surface area (Å²) < 4.78 is 0. The van der Waals surface area contributed by atoms with Gasteiger partial charge in [0.05, 0.1) is 6.07 Å². The van der Waals surface area contributed by atoms with Crippen molar-refractivity contribution < 1.29 is 4.79 Å². The molecule has 0 spiro atoms. The molecule has 0 saturated heterocycles. The van der Waals surface area contributed by atoms with Crippen molar-refractivity contribution in [3.63, 3.8) is 0 Å². The van der Waals surface area contributed by atoms with Gasteiger partial charge in [0.15, 0.2) is 0 Å². The molecule has 1 aliphatic heterocycles. The summed E-state index contributed by atoms with van der Waals surface area (Å²) in [6.45, 7) is 5.64. The van der Waals surface area contributed by atoms with Crippen molar-refractivity contribution in [3.8, 4) is 6.07 Å². The van der Waals surface area contributed by atoms with Crippen molar-refractivity contribution in [2.24, 2.45) is 5.41 Å². The largest absolute Gasteiger partial charge is 0.308 e. The van der Waals surface area contributed by atoms with E-state index in [4.69, 9.17) is 0 Å². The average Bonchev–Trinajstić information content (AvgIpc) is 2.72. The fourth-order valence-electron chi connectivity index (χ4n) is 2.42. The van der Waals surface area contributed by atoms with Crippen LogP contribution in [0.25, 0.3) is 0 Å². The third-order valence-electron chi connectivity index (χ3n) is 3.85. The number of hydrogen-bond acceptors (Lipinski definition) is 2. The molecule has 0 N–H and O–H groups in total. The first-order valence-electron chi connectivity index (χ1n) is 6.36. The molecule has 0 saturated carbocycles. The minimum Gasteiger partial charge on any atom is -0.308 e. The number of anilines is 1. The van der Waals surface area contributed by atoms with Crippen LogP contribution in [-0.4, -0.2) is 11.9 Å². The van der Waals surface area contributed by atoms with Crippen LogP contribution < -0.4 is 4.90 Å². The van der Waals surface area contributed by atoms with E-state index in [0.717, 1.165) is 12.1 Å². The van der Waals surface area contributed by atoms with E-state index in [0.29, 0.717) is 6.42 Å². The Labute approximate surface area is 108 Å². The number of fused-ring (bicyclic) bond motifs is 1. The lowest BCUT2D eigenvalue weighted by molar-refractivity contribution is -0.125. The van der Waals surface area contributed by atoms with E-state index >= 15 is 0 Å². The first-order chi connectivity index (χ1) is 8.53. The zero-order valence-corrected chi connectivity index (χ0v) is 11.1. The minimum atomic E-state index is -0.925. The highest BCUT2D eigenvalue weighted by Gasteiger charge is 2.40. The number of carbonyl (C=O) groups excluding carboxylic acids is 1. The van der Waals surface area contributed by atoms with Crippen LogP contribution in [0.1, 0.15) is 32.8 Å². The van der Waals surface area contributed by atoms with Gasteiger partial charge in [0.2, 0.25) is 5.91 Å². The third kappa shape index (κ3) is 1.78. The molecule has 18 heavy (non-hydrogen) atoms. The number of rotatable bonds is 2. The van der Waals surface area contributed by atoms with Crippen molar-refractivity contribution in [2.75, 3.05) is 4.90 Å². The Kier molecular flexibility index (Phi) is 3.13. The summed E-state index contributed by atoms with van der Waals surface area (Å²) >= 11 is 0. The molecule has 2 unspecified atom stereocenters. The lowest BCUT2D eigenvalue weighted by Crippen LogP contribution is -2.44. The molecule has 1 aromatic carbocycles. The molecule has 94 valence electrons. The van der Waals surface area contributed by atoms with Crippen molar-refractivity contribution in [3.05, 3.63) is 29.8 Å². The van der Waals surface area contributed by atoms with Gasteiger partial charge in [-0.25, -0.2) is 0 Å². The lowest BCUT2D eigenvalue weighted by Gasteiger charge is -2.29. The van der Waals surface area contributed by atoms with Crippen molar-refractivity contribution >= 4 is 11.6 Å². The Morgan fingerprint density at radius 2 is 2.22 bits per heavy atom. The number of nitrogens with zero attached hydrogens (tertiary/aromatic N) is 2. The van der Waals surface area contributed by atoms with Crippen molar-refractivity contribution in [1.29, 1.82) is 5.26 Å². The summed E-state index contributed by atoms with van der Waals surface area (Å²) in [5, 5.41) is 9.25. The van der Waals surface area contributed by atoms with Gasteiger partial charge in [0.1, 0.15) is 5.41 Å². The second-order valence-corrected chi connectivity index (χ2v) is 5.15. The van der Waals surface area contributed by atoms with Crippen molar-refractivity contribution in [2.45, 2.75) is 39.7 Å². The zero-order chi connectivity index (χ0) is 13.3. The molecule has 0 bridgehead atoms. The summed E-state index contributed by atoms with van der Waals surface area (Å²) in [5.41, 5.74) is 1.23. The number of benzene rings is 1. The molecule has 0 aromatic heterocycles. The molecule has 0 radical (unpaired) electrons. The first-order valence-corrected chi connectivity index (χ1v) is 6.36. The quantitative estimate of drug-likeness (QED) is 0.800. The van der Waals surface area contributed by atoms with E-state index in [-0.39, 0.29) is 11.9 Å². The zero-order valence-electron chi connectivity index (χ0n) is 11.1. The predicted octanol–water partition coefficient (Wildman–Crippen LogP) is 2.90. The summed E-state index contributed by atoms with van der Waals surface area (Å²) in [6.07, 6.45) is 1.40. The summed E-state index contributed by atoms with van der Waals surface area (Å²) in [5.74, 6) is -0.0787. The average molecular weight is 242 g/mol. The fourth-order valence-corrected chi connectivity index (χ4v) is 2.42. The highest BCUT2D eigenvalue weighted by atomic mass is 16.2. The molecule has 3 heteroatoms. The number of nitriles is 1. The Bertz CT molecular complexity index is 517. The Hall–Kier alpha value is -1.82. The van der Waals surface area contributed by atoms with Crippen LogP contribution in [0, 0.1) is 16.7 Å². The van der Waals surface area contributed by atoms with E-state index < -0.39 is 5.41 Å². The van der Waals surface area contributed by atoms with E-state index in [1.807, 2.05) is 32.0 Å². The summed E-state index contributed by atoms with van der Waals surface area (Å²) in [7, 11) is 0. The van der Waals surface area contributed by atoms with E-state index in [2.05, 4.69) is 12.1 Å². The Morgan fingerprint density at radius 3 is 2.83 bits per heavy atom. The molecular weight excluding hydrogens is 224 g/mol. The molecule has 1 amide bonds. The number of hydrogen-bond donors (Lipinski definition) is 0.